The monoisotopic (exact) mass is 424 g/mol. The Morgan fingerprint density at radius 3 is 2.30 bits per heavy atom. The fourth-order valence-corrected chi connectivity index (χ4v) is 3.52. The van der Waals surface area contributed by atoms with Gasteiger partial charge >= 0.3 is 11.9 Å². The molecule has 0 aliphatic carbocycles. The Bertz CT molecular complexity index is 881. The second-order valence-electron chi connectivity index (χ2n) is 6.48. The van der Waals surface area contributed by atoms with Crippen LogP contribution in [0.4, 0.5) is 5.69 Å². The Kier molecular flexibility index (Phi) is 5.78. The minimum Gasteiger partial charge on any atom is -0.464 e. The van der Waals surface area contributed by atoms with Crippen molar-refractivity contribution in [1.29, 1.82) is 0 Å². The van der Waals surface area contributed by atoms with Gasteiger partial charge in [0.1, 0.15) is 11.8 Å². The molecular formula is C18H20N2O10. The van der Waals surface area contributed by atoms with E-state index in [-0.39, 0.29) is 44.3 Å². The van der Waals surface area contributed by atoms with Crippen molar-refractivity contribution < 1.29 is 43.4 Å². The zero-order valence-corrected chi connectivity index (χ0v) is 16.3. The summed E-state index contributed by atoms with van der Waals surface area (Å²) < 4.78 is 20.3. The number of aliphatic hydroxyl groups excluding tert-OH is 1. The van der Waals surface area contributed by atoms with Crippen LogP contribution in [0.3, 0.4) is 0 Å². The molecule has 162 valence electrons. The molecule has 1 unspecified atom stereocenters. The van der Waals surface area contributed by atoms with Gasteiger partial charge in [0.15, 0.2) is 11.5 Å². The molecule has 3 rings (SSSR count). The minimum absolute atomic E-state index is 0.0715. The second-order valence-corrected chi connectivity index (χ2v) is 6.48. The van der Waals surface area contributed by atoms with Crippen molar-refractivity contribution in [3.05, 3.63) is 27.8 Å². The third-order valence-electron chi connectivity index (χ3n) is 4.84. The van der Waals surface area contributed by atoms with Crippen molar-refractivity contribution in [3.63, 3.8) is 0 Å². The van der Waals surface area contributed by atoms with Crippen molar-refractivity contribution >= 4 is 23.5 Å². The first-order chi connectivity index (χ1) is 14.3. The predicted molar refractivity (Wildman–Crippen MR) is 96.6 cm³/mol. The van der Waals surface area contributed by atoms with Crippen LogP contribution in [0, 0.1) is 10.1 Å². The lowest BCUT2D eigenvalue weighted by Crippen LogP contribution is -2.61. The molecule has 2 aliphatic heterocycles. The van der Waals surface area contributed by atoms with Crippen molar-refractivity contribution in [1.82, 2.24) is 4.90 Å². The summed E-state index contributed by atoms with van der Waals surface area (Å²) >= 11 is 0. The van der Waals surface area contributed by atoms with E-state index in [9.17, 15) is 29.6 Å². The van der Waals surface area contributed by atoms with Gasteiger partial charge in [-0.2, -0.15) is 0 Å². The number of hydrogen-bond acceptors (Lipinski definition) is 10. The number of aliphatic hydroxyl groups is 1. The highest BCUT2D eigenvalue weighted by Gasteiger charge is 2.62. The zero-order chi connectivity index (χ0) is 22.1. The first-order valence-electron chi connectivity index (χ1n) is 9.22. The van der Waals surface area contributed by atoms with E-state index in [0.29, 0.717) is 4.90 Å². The number of amides is 1. The van der Waals surface area contributed by atoms with Crippen LogP contribution in [0.2, 0.25) is 0 Å². The van der Waals surface area contributed by atoms with Crippen LogP contribution in [0.1, 0.15) is 37.0 Å². The average Bonchev–Trinajstić information content (AvgIpc) is 3.31. The Morgan fingerprint density at radius 1 is 1.20 bits per heavy atom. The number of nitro benzene ring substituents is 1. The molecule has 2 aliphatic rings. The second kappa shape index (κ2) is 8.14. The van der Waals surface area contributed by atoms with Gasteiger partial charge in [-0.3, -0.25) is 19.8 Å². The third kappa shape index (κ3) is 3.28. The van der Waals surface area contributed by atoms with Gasteiger partial charge < -0.3 is 24.1 Å². The van der Waals surface area contributed by atoms with Crippen molar-refractivity contribution in [3.8, 4) is 11.5 Å². The largest absolute Gasteiger partial charge is 0.464 e. The summed E-state index contributed by atoms with van der Waals surface area (Å²) in [5.41, 5.74) is -3.39. The fourth-order valence-electron chi connectivity index (χ4n) is 3.52. The Labute approximate surface area is 170 Å². The molecule has 1 aromatic rings. The molecule has 1 saturated heterocycles. The number of ether oxygens (including phenoxy) is 4. The van der Waals surface area contributed by atoms with E-state index in [4.69, 9.17) is 18.9 Å². The van der Waals surface area contributed by atoms with Crippen LogP contribution >= 0.6 is 0 Å². The van der Waals surface area contributed by atoms with Gasteiger partial charge in [0.05, 0.1) is 24.2 Å². The summed E-state index contributed by atoms with van der Waals surface area (Å²) in [6, 6.07) is 2.09. The van der Waals surface area contributed by atoms with E-state index >= 15 is 0 Å². The zero-order valence-electron chi connectivity index (χ0n) is 16.3. The molecule has 1 aromatic carbocycles. The molecular weight excluding hydrogens is 404 g/mol. The van der Waals surface area contributed by atoms with Crippen LogP contribution in [-0.2, 0) is 19.1 Å². The number of nitrogens with zero attached hydrogens (tertiary/aromatic N) is 2. The average molecular weight is 424 g/mol. The molecule has 0 spiro atoms. The molecule has 0 radical (unpaired) electrons. The van der Waals surface area contributed by atoms with E-state index in [2.05, 4.69) is 0 Å². The van der Waals surface area contributed by atoms with E-state index in [1.807, 2.05) is 0 Å². The SMILES string of the molecule is CCOC(=O)C1(C(=O)OCC)CCC(O)N1C(=O)c1cc2c(cc1[N+](=O)[O-])OCO2. The molecule has 1 amide bonds. The van der Waals surface area contributed by atoms with Gasteiger partial charge in [-0.1, -0.05) is 0 Å². The van der Waals surface area contributed by atoms with Gasteiger partial charge in [-0.05, 0) is 26.7 Å². The number of benzene rings is 1. The van der Waals surface area contributed by atoms with E-state index in [0.717, 1.165) is 12.1 Å². The molecule has 0 aromatic heterocycles. The van der Waals surface area contributed by atoms with Gasteiger partial charge in [0.2, 0.25) is 12.3 Å². The molecule has 12 nitrogen and oxygen atoms in total. The number of esters is 2. The number of rotatable bonds is 6. The van der Waals surface area contributed by atoms with Gasteiger partial charge in [0.25, 0.3) is 11.6 Å². The Hall–Kier alpha value is -3.41. The number of hydrogen-bond donors (Lipinski definition) is 1. The summed E-state index contributed by atoms with van der Waals surface area (Å²) in [5, 5.41) is 22.0. The Balaban J connectivity index is 2.13. The van der Waals surface area contributed by atoms with Crippen LogP contribution in [0.5, 0.6) is 11.5 Å². The van der Waals surface area contributed by atoms with E-state index in [1.165, 1.54) is 13.8 Å². The molecule has 12 heteroatoms. The summed E-state index contributed by atoms with van der Waals surface area (Å²) in [5.74, 6) is -3.14. The van der Waals surface area contributed by atoms with Crippen LogP contribution in [0.15, 0.2) is 12.1 Å². The maximum Gasteiger partial charge on any atom is 0.344 e. The number of nitro groups is 1. The highest BCUT2D eigenvalue weighted by Crippen LogP contribution is 2.42. The smallest absolute Gasteiger partial charge is 0.344 e. The maximum absolute atomic E-state index is 13.4. The highest BCUT2D eigenvalue weighted by atomic mass is 16.7. The van der Waals surface area contributed by atoms with Crippen LogP contribution in [-0.4, -0.2) is 64.5 Å². The topological polar surface area (TPSA) is 155 Å². The Morgan fingerprint density at radius 2 is 1.77 bits per heavy atom. The van der Waals surface area contributed by atoms with E-state index in [1.54, 1.807) is 0 Å². The predicted octanol–water partition coefficient (Wildman–Crippen LogP) is 0.743. The van der Waals surface area contributed by atoms with E-state index < -0.39 is 45.8 Å². The fraction of sp³-hybridized carbons (Fsp3) is 0.500. The number of likely N-dealkylation sites (tertiary alicyclic amines) is 1. The highest BCUT2D eigenvalue weighted by molar-refractivity contribution is 6.11. The van der Waals surface area contributed by atoms with Crippen molar-refractivity contribution in [2.45, 2.75) is 38.5 Å². The molecule has 1 atom stereocenters. The first-order valence-corrected chi connectivity index (χ1v) is 9.22. The van der Waals surface area contributed by atoms with Gasteiger partial charge in [-0.25, -0.2) is 9.59 Å². The summed E-state index contributed by atoms with van der Waals surface area (Å²) in [6.45, 7) is 2.64. The molecule has 2 heterocycles. The number of carbonyl (C=O) groups is 3. The molecule has 30 heavy (non-hydrogen) atoms. The van der Waals surface area contributed by atoms with Gasteiger partial charge in [0, 0.05) is 6.07 Å². The number of carbonyl (C=O) groups excluding carboxylic acids is 3. The lowest BCUT2D eigenvalue weighted by atomic mass is 9.95. The van der Waals surface area contributed by atoms with Crippen LogP contribution in [0.25, 0.3) is 0 Å². The van der Waals surface area contributed by atoms with Gasteiger partial charge in [-0.15, -0.1) is 0 Å². The summed E-state index contributed by atoms with van der Waals surface area (Å²) in [6.07, 6.45) is -1.98. The first kappa shape index (κ1) is 21.3. The molecule has 0 bridgehead atoms. The standard InChI is InChI=1S/C18H20N2O10/c1-3-27-16(23)18(17(24)28-4-2)6-5-14(21)19(18)15(22)10-7-12-13(30-9-29-12)8-11(10)20(25)26/h7-8,14,21H,3-6,9H2,1-2H3. The maximum atomic E-state index is 13.4. The number of fused-ring (bicyclic) bond motifs is 1. The molecule has 1 fully saturated rings. The third-order valence-corrected chi connectivity index (χ3v) is 4.84. The molecule has 1 N–H and O–H groups in total. The lowest BCUT2D eigenvalue weighted by molar-refractivity contribution is -0.385. The molecule has 0 saturated carbocycles. The van der Waals surface area contributed by atoms with Crippen LogP contribution < -0.4 is 9.47 Å². The summed E-state index contributed by atoms with van der Waals surface area (Å²) in [4.78, 5) is 50.2. The summed E-state index contributed by atoms with van der Waals surface area (Å²) in [7, 11) is 0. The lowest BCUT2D eigenvalue weighted by Gasteiger charge is -2.35. The van der Waals surface area contributed by atoms with Crippen molar-refractivity contribution in [2.75, 3.05) is 20.0 Å². The van der Waals surface area contributed by atoms with Crippen molar-refractivity contribution in [2.24, 2.45) is 0 Å². The normalized spacial score (nSPS) is 18.8. The quantitative estimate of drug-likeness (QED) is 0.299. The minimum atomic E-state index is -2.27.